The Morgan fingerprint density at radius 2 is 1.90 bits per heavy atom. The molecule has 0 radical (unpaired) electrons. The standard InChI is InChI=1S/C13H13F2NO4/c1-7(13(19)20)16-12(18)5-4-11(17)9-3-2-8(14)6-10(9)15/h2-3,6-7H,4-5H2,1H3,(H,16,18)(H,19,20). The molecule has 0 aromatic heterocycles. The fourth-order valence-electron chi connectivity index (χ4n) is 1.45. The zero-order valence-corrected chi connectivity index (χ0v) is 10.7. The number of aliphatic carboxylic acids is 1. The zero-order valence-electron chi connectivity index (χ0n) is 10.7. The molecule has 0 aliphatic carbocycles. The van der Waals surface area contributed by atoms with Crippen molar-refractivity contribution >= 4 is 17.7 Å². The first kappa shape index (κ1) is 15.7. The third-order valence-electron chi connectivity index (χ3n) is 2.56. The number of ketones is 1. The molecule has 2 N–H and O–H groups in total. The maximum Gasteiger partial charge on any atom is 0.325 e. The molecule has 1 amide bonds. The number of carboxylic acids is 1. The summed E-state index contributed by atoms with van der Waals surface area (Å²) in [4.78, 5) is 33.5. The highest BCUT2D eigenvalue weighted by Gasteiger charge is 2.17. The predicted molar refractivity (Wildman–Crippen MR) is 65.2 cm³/mol. The number of rotatable bonds is 6. The van der Waals surface area contributed by atoms with Gasteiger partial charge in [-0.05, 0) is 19.1 Å². The largest absolute Gasteiger partial charge is 0.480 e. The van der Waals surface area contributed by atoms with Gasteiger partial charge in [-0.25, -0.2) is 8.78 Å². The van der Waals surface area contributed by atoms with E-state index in [1.54, 1.807) is 0 Å². The average molecular weight is 285 g/mol. The van der Waals surface area contributed by atoms with Crippen molar-refractivity contribution in [1.82, 2.24) is 5.32 Å². The molecule has 108 valence electrons. The molecule has 0 aliphatic heterocycles. The molecule has 0 bridgehead atoms. The Balaban J connectivity index is 2.55. The molecule has 0 saturated heterocycles. The van der Waals surface area contributed by atoms with Gasteiger partial charge in [0.15, 0.2) is 5.78 Å². The minimum absolute atomic E-state index is 0.271. The fraction of sp³-hybridized carbons (Fsp3) is 0.308. The maximum atomic E-state index is 13.3. The van der Waals surface area contributed by atoms with Gasteiger partial charge in [-0.1, -0.05) is 0 Å². The van der Waals surface area contributed by atoms with Crippen molar-refractivity contribution in [2.75, 3.05) is 0 Å². The number of hydrogen-bond donors (Lipinski definition) is 2. The Hall–Kier alpha value is -2.31. The Kier molecular flexibility index (Phi) is 5.31. The Morgan fingerprint density at radius 1 is 1.25 bits per heavy atom. The van der Waals surface area contributed by atoms with Crippen LogP contribution in [0, 0.1) is 11.6 Å². The Bertz CT molecular complexity index is 545. The summed E-state index contributed by atoms with van der Waals surface area (Å²) >= 11 is 0. The lowest BCUT2D eigenvalue weighted by atomic mass is 10.1. The highest BCUT2D eigenvalue weighted by atomic mass is 19.1. The van der Waals surface area contributed by atoms with Crippen molar-refractivity contribution in [2.45, 2.75) is 25.8 Å². The first-order valence-electron chi connectivity index (χ1n) is 5.81. The second kappa shape index (κ2) is 6.74. The SMILES string of the molecule is CC(NC(=O)CCC(=O)c1ccc(F)cc1F)C(=O)O. The van der Waals surface area contributed by atoms with Crippen LogP contribution in [0.25, 0.3) is 0 Å². The minimum atomic E-state index is -1.20. The van der Waals surface area contributed by atoms with Crippen LogP contribution in [0.2, 0.25) is 0 Å². The van der Waals surface area contributed by atoms with E-state index in [0.717, 1.165) is 12.1 Å². The number of nitrogens with one attached hydrogen (secondary N) is 1. The third kappa shape index (κ3) is 4.42. The summed E-state index contributed by atoms with van der Waals surface area (Å²) in [6.45, 7) is 1.28. The van der Waals surface area contributed by atoms with Crippen LogP contribution in [0.4, 0.5) is 8.78 Å². The number of halogens is 2. The fourth-order valence-corrected chi connectivity index (χ4v) is 1.45. The number of benzene rings is 1. The van der Waals surface area contributed by atoms with E-state index >= 15 is 0 Å². The van der Waals surface area contributed by atoms with Crippen LogP contribution in [0.5, 0.6) is 0 Å². The quantitative estimate of drug-likeness (QED) is 0.776. The molecule has 5 nitrogen and oxygen atoms in total. The van der Waals surface area contributed by atoms with Gasteiger partial charge in [0.2, 0.25) is 5.91 Å². The van der Waals surface area contributed by atoms with Gasteiger partial charge in [0, 0.05) is 18.9 Å². The van der Waals surface area contributed by atoms with Gasteiger partial charge in [-0.15, -0.1) is 0 Å². The van der Waals surface area contributed by atoms with Crippen molar-refractivity contribution in [3.63, 3.8) is 0 Å². The first-order valence-corrected chi connectivity index (χ1v) is 5.81. The van der Waals surface area contributed by atoms with Gasteiger partial charge in [-0.3, -0.25) is 14.4 Å². The number of carboxylic acid groups (broad SMARTS) is 1. The summed E-state index contributed by atoms with van der Waals surface area (Å²) < 4.78 is 26.0. The van der Waals surface area contributed by atoms with Gasteiger partial charge in [-0.2, -0.15) is 0 Å². The lowest BCUT2D eigenvalue weighted by molar-refractivity contribution is -0.141. The molecule has 7 heteroatoms. The molecule has 1 aromatic rings. The molecule has 0 fully saturated rings. The van der Waals surface area contributed by atoms with Crippen molar-refractivity contribution < 1.29 is 28.3 Å². The predicted octanol–water partition coefficient (Wildman–Crippen LogP) is 1.52. The zero-order chi connectivity index (χ0) is 15.3. The van der Waals surface area contributed by atoms with E-state index in [-0.39, 0.29) is 18.4 Å². The van der Waals surface area contributed by atoms with Crippen LogP contribution >= 0.6 is 0 Å². The van der Waals surface area contributed by atoms with E-state index in [1.807, 2.05) is 0 Å². The monoisotopic (exact) mass is 285 g/mol. The van der Waals surface area contributed by atoms with Crippen LogP contribution in [-0.2, 0) is 9.59 Å². The van der Waals surface area contributed by atoms with Crippen LogP contribution in [0.1, 0.15) is 30.1 Å². The van der Waals surface area contributed by atoms with Crippen LogP contribution in [-0.4, -0.2) is 28.8 Å². The second-order valence-corrected chi connectivity index (χ2v) is 4.17. The molecule has 1 atom stereocenters. The number of carbonyl (C=O) groups excluding carboxylic acids is 2. The molecule has 1 rings (SSSR count). The summed E-state index contributed by atoms with van der Waals surface area (Å²) in [6, 6.07) is 1.47. The van der Waals surface area contributed by atoms with Gasteiger partial charge in [0.25, 0.3) is 0 Å². The smallest absolute Gasteiger partial charge is 0.325 e. The minimum Gasteiger partial charge on any atom is -0.480 e. The number of Topliss-reactive ketones (excluding diaryl/α,β-unsaturated/α-hetero) is 1. The molecule has 20 heavy (non-hydrogen) atoms. The molecular formula is C13H13F2NO4. The highest BCUT2D eigenvalue weighted by Crippen LogP contribution is 2.12. The number of hydrogen-bond acceptors (Lipinski definition) is 3. The third-order valence-corrected chi connectivity index (χ3v) is 2.56. The van der Waals surface area contributed by atoms with Crippen molar-refractivity contribution in [1.29, 1.82) is 0 Å². The molecule has 0 spiro atoms. The average Bonchev–Trinajstić information content (AvgIpc) is 2.35. The molecule has 0 aliphatic rings. The molecule has 0 heterocycles. The normalized spacial score (nSPS) is 11.8. The summed E-state index contributed by atoms with van der Waals surface area (Å²) in [5.74, 6) is -4.27. The van der Waals surface area contributed by atoms with Crippen molar-refractivity contribution in [3.05, 3.63) is 35.4 Å². The van der Waals surface area contributed by atoms with Gasteiger partial charge in [0.1, 0.15) is 17.7 Å². The molecular weight excluding hydrogens is 272 g/mol. The van der Waals surface area contributed by atoms with Crippen molar-refractivity contribution in [2.24, 2.45) is 0 Å². The Morgan fingerprint density at radius 3 is 2.45 bits per heavy atom. The first-order chi connectivity index (χ1) is 9.31. The van der Waals surface area contributed by atoms with E-state index in [1.165, 1.54) is 6.92 Å². The van der Waals surface area contributed by atoms with E-state index in [2.05, 4.69) is 5.32 Å². The molecule has 1 aromatic carbocycles. The van der Waals surface area contributed by atoms with Gasteiger partial charge < -0.3 is 10.4 Å². The number of amides is 1. The summed E-state index contributed by atoms with van der Waals surface area (Å²) in [7, 11) is 0. The summed E-state index contributed by atoms with van der Waals surface area (Å²) in [5.41, 5.74) is -0.300. The van der Waals surface area contributed by atoms with E-state index < -0.39 is 35.3 Å². The molecule has 1 unspecified atom stereocenters. The highest BCUT2D eigenvalue weighted by molar-refractivity contribution is 5.98. The lowest BCUT2D eigenvalue weighted by Gasteiger charge is -2.08. The van der Waals surface area contributed by atoms with Crippen LogP contribution in [0.3, 0.4) is 0 Å². The van der Waals surface area contributed by atoms with E-state index in [4.69, 9.17) is 5.11 Å². The summed E-state index contributed by atoms with van der Waals surface area (Å²) in [5, 5.41) is 10.7. The number of carbonyl (C=O) groups is 3. The molecule has 0 saturated carbocycles. The van der Waals surface area contributed by atoms with E-state index in [0.29, 0.717) is 6.07 Å². The van der Waals surface area contributed by atoms with Gasteiger partial charge >= 0.3 is 5.97 Å². The van der Waals surface area contributed by atoms with Crippen LogP contribution in [0.15, 0.2) is 18.2 Å². The Labute approximate surface area is 113 Å². The second-order valence-electron chi connectivity index (χ2n) is 4.17. The summed E-state index contributed by atoms with van der Waals surface area (Å²) in [6.07, 6.45) is -0.562. The maximum absolute atomic E-state index is 13.3. The lowest BCUT2D eigenvalue weighted by Crippen LogP contribution is -2.38. The van der Waals surface area contributed by atoms with E-state index in [9.17, 15) is 23.2 Å². The van der Waals surface area contributed by atoms with Crippen molar-refractivity contribution in [3.8, 4) is 0 Å². The van der Waals surface area contributed by atoms with Crippen LogP contribution < -0.4 is 5.32 Å². The topological polar surface area (TPSA) is 83.5 Å². The van der Waals surface area contributed by atoms with Gasteiger partial charge in [0.05, 0.1) is 5.56 Å².